The van der Waals surface area contributed by atoms with Crippen LogP contribution in [0.25, 0.3) is 0 Å². The summed E-state index contributed by atoms with van der Waals surface area (Å²) in [4.78, 5) is 12.0. The maximum absolute atomic E-state index is 12.0. The van der Waals surface area contributed by atoms with Gasteiger partial charge >= 0.3 is 0 Å². The van der Waals surface area contributed by atoms with E-state index >= 15 is 0 Å². The summed E-state index contributed by atoms with van der Waals surface area (Å²) in [6.07, 6.45) is 0.685. The number of carbonyl (C=O) groups is 1. The Labute approximate surface area is 120 Å². The Balaban J connectivity index is 2.92. The van der Waals surface area contributed by atoms with Gasteiger partial charge in [0.1, 0.15) is 5.54 Å². The van der Waals surface area contributed by atoms with Gasteiger partial charge in [0, 0.05) is 4.75 Å². The lowest BCUT2D eigenvalue weighted by Crippen LogP contribution is -2.51. The Morgan fingerprint density at radius 1 is 1.26 bits per heavy atom. The average Bonchev–Trinajstić information content (AvgIpc) is 2.34. The third-order valence-electron chi connectivity index (χ3n) is 3.13. The molecule has 0 fully saturated rings. The maximum atomic E-state index is 12.0. The van der Waals surface area contributed by atoms with E-state index in [1.807, 2.05) is 42.1 Å². The molecule has 0 aromatic heterocycles. The van der Waals surface area contributed by atoms with Crippen LogP contribution in [0.3, 0.4) is 0 Å². The number of hydrogen-bond acceptors (Lipinski definition) is 3. The Hall–Kier alpha value is -1.00. The minimum atomic E-state index is -0.778. The predicted molar refractivity (Wildman–Crippen MR) is 83.2 cm³/mol. The van der Waals surface area contributed by atoms with Crippen LogP contribution >= 0.6 is 11.8 Å². The van der Waals surface area contributed by atoms with Gasteiger partial charge < -0.3 is 11.1 Å². The lowest BCUT2D eigenvalue weighted by atomic mass is 9.86. The Bertz CT molecular complexity index is 414. The van der Waals surface area contributed by atoms with Crippen molar-refractivity contribution in [1.82, 2.24) is 5.32 Å². The SMILES string of the molecule is CNC(CCSC(C)(C)C)(C(N)=O)c1ccccc1. The van der Waals surface area contributed by atoms with E-state index < -0.39 is 5.54 Å². The van der Waals surface area contributed by atoms with Crippen molar-refractivity contribution in [3.8, 4) is 0 Å². The largest absolute Gasteiger partial charge is 0.368 e. The second kappa shape index (κ2) is 6.44. The minimum absolute atomic E-state index is 0.188. The first kappa shape index (κ1) is 16.1. The van der Waals surface area contributed by atoms with Gasteiger partial charge in [-0.15, -0.1) is 0 Å². The molecule has 0 aliphatic rings. The molecule has 0 aliphatic heterocycles. The first-order valence-corrected chi connectivity index (χ1v) is 7.49. The average molecular weight is 280 g/mol. The zero-order chi connectivity index (χ0) is 14.5. The number of thioether (sulfide) groups is 1. The Morgan fingerprint density at radius 3 is 2.26 bits per heavy atom. The maximum Gasteiger partial charge on any atom is 0.242 e. The van der Waals surface area contributed by atoms with Crippen molar-refractivity contribution in [3.05, 3.63) is 35.9 Å². The van der Waals surface area contributed by atoms with Gasteiger partial charge in [0.05, 0.1) is 0 Å². The molecule has 0 radical (unpaired) electrons. The van der Waals surface area contributed by atoms with Crippen LogP contribution in [0.5, 0.6) is 0 Å². The number of rotatable bonds is 6. The standard InChI is InChI=1S/C15H24N2OS/c1-14(2,3)19-11-10-15(17-4,13(16)18)12-8-6-5-7-9-12/h5-9,17H,10-11H2,1-4H3,(H2,16,18). The van der Waals surface area contributed by atoms with Crippen molar-refractivity contribution in [3.63, 3.8) is 0 Å². The quantitative estimate of drug-likeness (QED) is 0.842. The van der Waals surface area contributed by atoms with Gasteiger partial charge in [-0.05, 0) is 24.8 Å². The van der Waals surface area contributed by atoms with Crippen LogP contribution < -0.4 is 11.1 Å². The van der Waals surface area contributed by atoms with Crippen LogP contribution in [0.4, 0.5) is 0 Å². The molecule has 3 N–H and O–H groups in total. The van der Waals surface area contributed by atoms with E-state index in [1.165, 1.54) is 0 Å². The highest BCUT2D eigenvalue weighted by atomic mass is 32.2. The van der Waals surface area contributed by atoms with Gasteiger partial charge in [-0.25, -0.2) is 0 Å². The number of primary amides is 1. The highest BCUT2D eigenvalue weighted by Gasteiger charge is 2.36. The van der Waals surface area contributed by atoms with Gasteiger partial charge in [0.25, 0.3) is 0 Å². The molecule has 1 rings (SSSR count). The van der Waals surface area contributed by atoms with Crippen molar-refractivity contribution in [2.75, 3.05) is 12.8 Å². The van der Waals surface area contributed by atoms with Crippen molar-refractivity contribution in [1.29, 1.82) is 0 Å². The van der Waals surface area contributed by atoms with Gasteiger partial charge in [0.15, 0.2) is 0 Å². The lowest BCUT2D eigenvalue weighted by molar-refractivity contribution is -0.124. The minimum Gasteiger partial charge on any atom is -0.368 e. The topological polar surface area (TPSA) is 55.1 Å². The summed E-state index contributed by atoms with van der Waals surface area (Å²) in [5.74, 6) is 0.554. The second-order valence-electron chi connectivity index (χ2n) is 5.60. The molecular weight excluding hydrogens is 256 g/mol. The van der Waals surface area contributed by atoms with Crippen LogP contribution in [0.2, 0.25) is 0 Å². The molecule has 0 aliphatic carbocycles. The van der Waals surface area contributed by atoms with Gasteiger partial charge in [0.2, 0.25) is 5.91 Å². The van der Waals surface area contributed by atoms with E-state index in [1.54, 1.807) is 7.05 Å². The van der Waals surface area contributed by atoms with E-state index in [9.17, 15) is 4.79 Å². The molecule has 1 atom stereocenters. The summed E-state index contributed by atoms with van der Waals surface area (Å²) in [6.45, 7) is 6.52. The molecule has 0 heterocycles. The summed E-state index contributed by atoms with van der Waals surface area (Å²) < 4.78 is 0.188. The molecule has 1 unspecified atom stereocenters. The van der Waals surface area contributed by atoms with E-state index in [0.717, 1.165) is 11.3 Å². The molecule has 0 bridgehead atoms. The predicted octanol–water partition coefficient (Wildman–Crippen LogP) is 2.51. The van der Waals surface area contributed by atoms with Crippen molar-refractivity contribution in [2.45, 2.75) is 37.5 Å². The fourth-order valence-corrected chi connectivity index (χ4v) is 3.06. The fourth-order valence-electron chi connectivity index (χ4n) is 2.04. The molecule has 4 heteroatoms. The monoisotopic (exact) mass is 280 g/mol. The molecule has 1 aromatic rings. The first-order chi connectivity index (χ1) is 8.82. The highest BCUT2D eigenvalue weighted by molar-refractivity contribution is 8.00. The van der Waals surface area contributed by atoms with E-state index in [-0.39, 0.29) is 10.7 Å². The number of nitrogens with one attached hydrogen (secondary N) is 1. The summed E-state index contributed by atoms with van der Waals surface area (Å²) in [7, 11) is 1.79. The smallest absolute Gasteiger partial charge is 0.242 e. The zero-order valence-corrected chi connectivity index (χ0v) is 13.0. The second-order valence-corrected chi connectivity index (χ2v) is 7.52. The number of nitrogens with two attached hydrogens (primary N) is 1. The highest BCUT2D eigenvalue weighted by Crippen LogP contribution is 2.30. The van der Waals surface area contributed by atoms with Crippen LogP contribution in [-0.4, -0.2) is 23.5 Å². The zero-order valence-electron chi connectivity index (χ0n) is 12.2. The molecule has 0 saturated heterocycles. The normalized spacial score (nSPS) is 14.9. The molecular formula is C15H24N2OS. The van der Waals surface area contributed by atoms with Crippen LogP contribution in [0, 0.1) is 0 Å². The molecule has 1 aromatic carbocycles. The summed E-state index contributed by atoms with van der Waals surface area (Å²) in [5.41, 5.74) is 5.81. The van der Waals surface area contributed by atoms with E-state index in [0.29, 0.717) is 6.42 Å². The number of likely N-dealkylation sites (N-methyl/N-ethyl adjacent to an activating group) is 1. The van der Waals surface area contributed by atoms with Gasteiger partial charge in [-0.2, -0.15) is 11.8 Å². The molecule has 1 amide bonds. The molecule has 0 spiro atoms. The van der Waals surface area contributed by atoms with E-state index in [2.05, 4.69) is 26.1 Å². The van der Waals surface area contributed by atoms with Gasteiger partial charge in [-0.3, -0.25) is 4.79 Å². The van der Waals surface area contributed by atoms with Crippen LogP contribution in [-0.2, 0) is 10.3 Å². The molecule has 3 nitrogen and oxygen atoms in total. The van der Waals surface area contributed by atoms with Crippen molar-refractivity contribution in [2.24, 2.45) is 5.73 Å². The summed E-state index contributed by atoms with van der Waals surface area (Å²) in [5, 5.41) is 3.13. The van der Waals surface area contributed by atoms with Crippen molar-refractivity contribution >= 4 is 17.7 Å². The van der Waals surface area contributed by atoms with Crippen LogP contribution in [0.1, 0.15) is 32.8 Å². The van der Waals surface area contributed by atoms with Crippen LogP contribution in [0.15, 0.2) is 30.3 Å². The Morgan fingerprint density at radius 2 is 1.84 bits per heavy atom. The van der Waals surface area contributed by atoms with Gasteiger partial charge in [-0.1, -0.05) is 51.1 Å². The lowest BCUT2D eigenvalue weighted by Gasteiger charge is -2.32. The first-order valence-electron chi connectivity index (χ1n) is 6.50. The van der Waals surface area contributed by atoms with E-state index in [4.69, 9.17) is 5.73 Å². The fraction of sp³-hybridized carbons (Fsp3) is 0.533. The summed E-state index contributed by atoms with van der Waals surface area (Å²) >= 11 is 1.84. The molecule has 0 saturated carbocycles. The molecule has 106 valence electrons. The Kier molecular flexibility index (Phi) is 5.44. The molecule has 19 heavy (non-hydrogen) atoms. The number of carbonyl (C=O) groups excluding carboxylic acids is 1. The number of benzene rings is 1. The summed E-state index contributed by atoms with van der Waals surface area (Å²) in [6, 6.07) is 9.70. The van der Waals surface area contributed by atoms with Crippen molar-refractivity contribution < 1.29 is 4.79 Å². The number of amides is 1. The number of hydrogen-bond donors (Lipinski definition) is 2. The third-order valence-corrected chi connectivity index (χ3v) is 4.40. The third kappa shape index (κ3) is 4.25.